The molecule has 0 bridgehead atoms. The first-order valence-corrected chi connectivity index (χ1v) is 8.80. The minimum atomic E-state index is 0. The van der Waals surface area contributed by atoms with Crippen LogP contribution in [0.5, 0.6) is 11.5 Å². The Kier molecular flexibility index (Phi) is 15.5. The van der Waals surface area contributed by atoms with E-state index in [0.29, 0.717) is 11.5 Å². The van der Waals surface area contributed by atoms with Crippen LogP contribution in [0.3, 0.4) is 0 Å². The SMILES string of the molecule is Oc1ccccc1.Oc1ccccc1.[CH2-]c1ccccc1.[CH2-]c1ccccc1.[Hf]. The molecule has 29 heavy (non-hydrogen) atoms. The summed E-state index contributed by atoms with van der Waals surface area (Å²) in [6.07, 6.45) is 0. The van der Waals surface area contributed by atoms with Gasteiger partial charge in [-0.15, -0.1) is 24.3 Å². The Labute approximate surface area is 193 Å². The summed E-state index contributed by atoms with van der Waals surface area (Å²) in [5.41, 5.74) is 2.14. The van der Waals surface area contributed by atoms with Crippen LogP contribution in [0.1, 0.15) is 11.1 Å². The molecule has 0 heterocycles. The number of para-hydroxylation sites is 2. The molecule has 0 aromatic heterocycles. The van der Waals surface area contributed by atoms with Crippen molar-refractivity contribution in [3.8, 4) is 11.5 Å². The molecule has 0 amide bonds. The van der Waals surface area contributed by atoms with E-state index in [1.54, 1.807) is 48.5 Å². The number of hydrogen-bond acceptors (Lipinski definition) is 2. The zero-order valence-electron chi connectivity index (χ0n) is 16.4. The van der Waals surface area contributed by atoms with E-state index in [2.05, 4.69) is 13.8 Å². The van der Waals surface area contributed by atoms with Crippen molar-refractivity contribution in [2.75, 3.05) is 0 Å². The Morgan fingerprint density at radius 2 is 0.586 bits per heavy atom. The molecule has 2 N–H and O–H groups in total. The molecule has 0 atom stereocenters. The smallest absolute Gasteiger partial charge is 0.115 e. The average molecular weight is 549 g/mol. The van der Waals surface area contributed by atoms with E-state index in [-0.39, 0.29) is 25.8 Å². The predicted octanol–water partition coefficient (Wildman–Crippen LogP) is 6.52. The van der Waals surface area contributed by atoms with Gasteiger partial charge in [0.15, 0.2) is 0 Å². The van der Waals surface area contributed by atoms with Crippen molar-refractivity contribution in [3.63, 3.8) is 0 Å². The van der Waals surface area contributed by atoms with Crippen molar-refractivity contribution in [1.29, 1.82) is 0 Å². The molecule has 0 unspecified atom stereocenters. The minimum Gasteiger partial charge on any atom is -0.508 e. The summed E-state index contributed by atoms with van der Waals surface area (Å²) in [6.45, 7) is 7.44. The topological polar surface area (TPSA) is 40.5 Å². The molecule has 3 heteroatoms. The Morgan fingerprint density at radius 3 is 0.690 bits per heavy atom. The van der Waals surface area contributed by atoms with Crippen LogP contribution >= 0.6 is 0 Å². The van der Waals surface area contributed by atoms with Crippen LogP contribution < -0.4 is 0 Å². The molecular formula is C26H26HfO2-2. The van der Waals surface area contributed by atoms with Crippen molar-refractivity contribution < 1.29 is 36.1 Å². The van der Waals surface area contributed by atoms with E-state index < -0.39 is 0 Å². The summed E-state index contributed by atoms with van der Waals surface area (Å²) in [5.74, 6) is 0.644. The fourth-order valence-electron chi connectivity index (χ4n) is 1.81. The molecular weight excluding hydrogens is 523 g/mol. The third-order valence-corrected chi connectivity index (χ3v) is 3.20. The van der Waals surface area contributed by atoms with Crippen LogP contribution in [0.25, 0.3) is 0 Å². The first-order valence-electron chi connectivity index (χ1n) is 8.80. The molecule has 0 aliphatic carbocycles. The third kappa shape index (κ3) is 15.8. The van der Waals surface area contributed by atoms with E-state index in [0.717, 1.165) is 11.1 Å². The summed E-state index contributed by atoms with van der Waals surface area (Å²) < 4.78 is 0. The van der Waals surface area contributed by atoms with Gasteiger partial charge in [0.1, 0.15) is 11.5 Å². The number of phenols is 2. The van der Waals surface area contributed by atoms with E-state index >= 15 is 0 Å². The molecule has 0 aliphatic heterocycles. The number of benzene rings is 4. The summed E-state index contributed by atoms with van der Waals surface area (Å²) in [4.78, 5) is 0. The van der Waals surface area contributed by atoms with Gasteiger partial charge >= 0.3 is 0 Å². The molecule has 0 radical (unpaired) electrons. The van der Waals surface area contributed by atoms with Gasteiger partial charge < -0.3 is 10.2 Å². The van der Waals surface area contributed by atoms with Crippen molar-refractivity contribution in [2.45, 2.75) is 0 Å². The Hall–Kier alpha value is -2.91. The van der Waals surface area contributed by atoms with Crippen LogP contribution in [0, 0.1) is 13.8 Å². The van der Waals surface area contributed by atoms with E-state index in [1.807, 2.05) is 72.8 Å². The van der Waals surface area contributed by atoms with Crippen molar-refractivity contribution in [3.05, 3.63) is 146 Å². The summed E-state index contributed by atoms with van der Waals surface area (Å²) >= 11 is 0. The fourth-order valence-corrected chi connectivity index (χ4v) is 1.81. The minimum absolute atomic E-state index is 0. The van der Waals surface area contributed by atoms with Crippen LogP contribution in [0.15, 0.2) is 121 Å². The Balaban J connectivity index is 0.000000356. The molecule has 0 saturated heterocycles. The Morgan fingerprint density at radius 1 is 0.379 bits per heavy atom. The van der Waals surface area contributed by atoms with Crippen LogP contribution in [0.2, 0.25) is 0 Å². The van der Waals surface area contributed by atoms with Gasteiger partial charge in [-0.25, -0.2) is 0 Å². The van der Waals surface area contributed by atoms with Crippen molar-refractivity contribution in [2.24, 2.45) is 0 Å². The monoisotopic (exact) mass is 550 g/mol. The molecule has 148 valence electrons. The molecule has 4 aromatic carbocycles. The largest absolute Gasteiger partial charge is 0.508 e. The second kappa shape index (κ2) is 17.2. The second-order valence-electron chi connectivity index (χ2n) is 5.64. The maximum atomic E-state index is 8.63. The number of phenolic OH excluding ortho intramolecular Hbond substituents is 2. The maximum Gasteiger partial charge on any atom is 0.115 e. The van der Waals surface area contributed by atoms with E-state index in [4.69, 9.17) is 10.2 Å². The fraction of sp³-hybridized carbons (Fsp3) is 0. The standard InChI is InChI=1S/2C7H7.2C6H6O.Hf/c2*1-7-5-3-2-4-6-7;2*7-6-4-2-1-3-5-6;/h2*2-6H,1H2;2*1-5,7H;/q2*-1;;;. The van der Waals surface area contributed by atoms with Gasteiger partial charge in [0.2, 0.25) is 0 Å². The number of hydrogen-bond donors (Lipinski definition) is 2. The first kappa shape index (κ1) is 26.1. The van der Waals surface area contributed by atoms with Crippen LogP contribution in [-0.2, 0) is 25.8 Å². The third-order valence-electron chi connectivity index (χ3n) is 3.20. The molecule has 0 fully saturated rings. The van der Waals surface area contributed by atoms with Gasteiger partial charge in [-0.05, 0) is 24.3 Å². The number of aromatic hydroxyl groups is 2. The van der Waals surface area contributed by atoms with Gasteiger partial charge in [0.25, 0.3) is 0 Å². The van der Waals surface area contributed by atoms with E-state index in [9.17, 15) is 0 Å². The quantitative estimate of drug-likeness (QED) is 0.194. The van der Waals surface area contributed by atoms with Crippen molar-refractivity contribution >= 4 is 0 Å². The van der Waals surface area contributed by atoms with E-state index in [1.165, 1.54) is 0 Å². The average Bonchev–Trinajstić information content (AvgIpc) is 2.72. The van der Waals surface area contributed by atoms with Gasteiger partial charge in [-0.3, -0.25) is 0 Å². The predicted molar refractivity (Wildman–Crippen MR) is 118 cm³/mol. The number of rotatable bonds is 0. The van der Waals surface area contributed by atoms with Gasteiger partial charge in [-0.2, -0.15) is 49.2 Å². The summed E-state index contributed by atoms with van der Waals surface area (Å²) in [6, 6.07) is 37.2. The molecule has 4 aromatic rings. The van der Waals surface area contributed by atoms with Gasteiger partial charge in [0, 0.05) is 25.8 Å². The molecule has 4 rings (SSSR count). The van der Waals surface area contributed by atoms with Gasteiger partial charge in [-0.1, -0.05) is 48.5 Å². The van der Waals surface area contributed by atoms with Crippen LogP contribution in [0.4, 0.5) is 0 Å². The molecule has 0 saturated carbocycles. The van der Waals surface area contributed by atoms with Crippen LogP contribution in [-0.4, -0.2) is 10.2 Å². The normalized spacial score (nSPS) is 8.28. The Bertz CT molecular complexity index is 687. The molecule has 0 spiro atoms. The molecule has 0 aliphatic rings. The zero-order valence-corrected chi connectivity index (χ0v) is 19.9. The second-order valence-corrected chi connectivity index (χ2v) is 5.64. The van der Waals surface area contributed by atoms with Crippen molar-refractivity contribution in [1.82, 2.24) is 0 Å². The summed E-state index contributed by atoms with van der Waals surface area (Å²) in [5, 5.41) is 17.3. The summed E-state index contributed by atoms with van der Waals surface area (Å²) in [7, 11) is 0. The first-order chi connectivity index (χ1) is 13.6. The maximum absolute atomic E-state index is 8.63. The van der Waals surface area contributed by atoms with Gasteiger partial charge in [0.05, 0.1) is 0 Å². The zero-order chi connectivity index (χ0) is 20.5. The molecule has 2 nitrogen and oxygen atoms in total.